The summed E-state index contributed by atoms with van der Waals surface area (Å²) in [7, 11) is 0.0572. The SMILES string of the molecule is Cc1noc(C)c1S(=O)(=O)NCCc1cc(N(C)C)nc(-c2ccccn2)n1. The molecule has 0 unspecified atom stereocenters. The maximum absolute atomic E-state index is 12.5. The van der Waals surface area contributed by atoms with Crippen molar-refractivity contribution in [2.75, 3.05) is 25.5 Å². The van der Waals surface area contributed by atoms with E-state index in [4.69, 9.17) is 4.52 Å². The van der Waals surface area contributed by atoms with Crippen LogP contribution in [0.4, 0.5) is 5.82 Å². The van der Waals surface area contributed by atoms with Gasteiger partial charge in [0.25, 0.3) is 0 Å². The highest BCUT2D eigenvalue weighted by atomic mass is 32.2. The summed E-state index contributed by atoms with van der Waals surface area (Å²) in [6, 6.07) is 7.35. The summed E-state index contributed by atoms with van der Waals surface area (Å²) in [5, 5.41) is 3.70. The maximum Gasteiger partial charge on any atom is 0.245 e. The number of aryl methyl sites for hydroxylation is 2. The van der Waals surface area contributed by atoms with Gasteiger partial charge in [-0.15, -0.1) is 0 Å². The van der Waals surface area contributed by atoms with Crippen molar-refractivity contribution in [3.63, 3.8) is 0 Å². The molecule has 10 heteroatoms. The summed E-state index contributed by atoms with van der Waals surface area (Å²) in [5.41, 5.74) is 1.70. The van der Waals surface area contributed by atoms with E-state index in [0.29, 0.717) is 29.3 Å². The van der Waals surface area contributed by atoms with Crippen LogP contribution in [0, 0.1) is 13.8 Å². The average Bonchev–Trinajstić information content (AvgIpc) is 3.01. The van der Waals surface area contributed by atoms with Crippen molar-refractivity contribution in [3.8, 4) is 11.5 Å². The van der Waals surface area contributed by atoms with Crippen LogP contribution in [0.2, 0.25) is 0 Å². The van der Waals surface area contributed by atoms with Crippen LogP contribution in [0.25, 0.3) is 11.5 Å². The minimum Gasteiger partial charge on any atom is -0.363 e. The molecule has 0 amide bonds. The number of pyridine rings is 1. The van der Waals surface area contributed by atoms with E-state index in [1.807, 2.05) is 43.3 Å². The van der Waals surface area contributed by atoms with Crippen LogP contribution in [-0.2, 0) is 16.4 Å². The van der Waals surface area contributed by atoms with Crippen molar-refractivity contribution in [2.24, 2.45) is 0 Å². The van der Waals surface area contributed by atoms with E-state index in [9.17, 15) is 8.42 Å². The molecule has 0 spiro atoms. The number of sulfonamides is 1. The van der Waals surface area contributed by atoms with Gasteiger partial charge in [0.1, 0.15) is 22.1 Å². The van der Waals surface area contributed by atoms with Gasteiger partial charge in [-0.1, -0.05) is 11.2 Å². The molecule has 9 nitrogen and oxygen atoms in total. The lowest BCUT2D eigenvalue weighted by Gasteiger charge is -2.14. The zero-order valence-electron chi connectivity index (χ0n) is 16.2. The fourth-order valence-electron chi connectivity index (χ4n) is 2.69. The molecule has 1 N–H and O–H groups in total. The molecule has 0 aliphatic carbocycles. The monoisotopic (exact) mass is 402 g/mol. The predicted octanol–water partition coefficient (Wildman–Crippen LogP) is 1.73. The van der Waals surface area contributed by atoms with Crippen LogP contribution in [-0.4, -0.2) is 49.2 Å². The second-order valence-corrected chi connectivity index (χ2v) is 8.16. The number of rotatable bonds is 7. The summed E-state index contributed by atoms with van der Waals surface area (Å²) in [6.45, 7) is 3.34. The van der Waals surface area contributed by atoms with Crippen molar-refractivity contribution < 1.29 is 12.9 Å². The van der Waals surface area contributed by atoms with Crippen LogP contribution in [0.15, 0.2) is 39.9 Å². The number of nitrogens with one attached hydrogen (secondary N) is 1. The Bertz CT molecular complexity index is 1040. The van der Waals surface area contributed by atoms with Crippen molar-refractivity contribution in [2.45, 2.75) is 25.2 Å². The minimum atomic E-state index is -3.71. The minimum absolute atomic E-state index is 0.0818. The molecule has 3 heterocycles. The molecule has 0 aliphatic rings. The van der Waals surface area contributed by atoms with Crippen molar-refractivity contribution in [1.29, 1.82) is 0 Å². The molecule has 0 atom stereocenters. The molecule has 3 aromatic heterocycles. The Morgan fingerprint density at radius 2 is 1.96 bits per heavy atom. The summed E-state index contributed by atoms with van der Waals surface area (Å²) in [5.74, 6) is 1.48. The molecule has 28 heavy (non-hydrogen) atoms. The Morgan fingerprint density at radius 1 is 1.18 bits per heavy atom. The van der Waals surface area contributed by atoms with Crippen LogP contribution in [0.1, 0.15) is 17.1 Å². The molecule has 0 aliphatic heterocycles. The Labute approximate surface area is 163 Å². The van der Waals surface area contributed by atoms with Crippen LogP contribution in [0.3, 0.4) is 0 Å². The summed E-state index contributed by atoms with van der Waals surface area (Å²) in [4.78, 5) is 15.3. The maximum atomic E-state index is 12.5. The molecule has 0 radical (unpaired) electrons. The zero-order chi connectivity index (χ0) is 20.3. The van der Waals surface area contributed by atoms with Gasteiger partial charge >= 0.3 is 0 Å². The first-order valence-electron chi connectivity index (χ1n) is 8.67. The molecule has 0 bridgehead atoms. The summed E-state index contributed by atoms with van der Waals surface area (Å²) < 4.78 is 32.6. The number of aromatic nitrogens is 4. The lowest BCUT2D eigenvalue weighted by molar-refractivity contribution is 0.390. The van der Waals surface area contributed by atoms with Crippen LogP contribution < -0.4 is 9.62 Å². The fourth-order valence-corrected chi connectivity index (χ4v) is 4.05. The van der Waals surface area contributed by atoms with Gasteiger partial charge in [0.05, 0.1) is 0 Å². The van der Waals surface area contributed by atoms with Crippen LogP contribution >= 0.6 is 0 Å². The molecule has 0 aromatic carbocycles. The van der Waals surface area contributed by atoms with E-state index in [0.717, 1.165) is 5.82 Å². The van der Waals surface area contributed by atoms with Gasteiger partial charge in [-0.25, -0.2) is 23.1 Å². The first-order valence-corrected chi connectivity index (χ1v) is 10.2. The summed E-state index contributed by atoms with van der Waals surface area (Å²) in [6.07, 6.45) is 2.07. The third kappa shape index (κ3) is 4.34. The van der Waals surface area contributed by atoms with Crippen molar-refractivity contribution >= 4 is 15.8 Å². The number of hydrogen-bond acceptors (Lipinski definition) is 8. The third-order valence-electron chi connectivity index (χ3n) is 4.03. The lowest BCUT2D eigenvalue weighted by atomic mass is 10.2. The Kier molecular flexibility index (Phi) is 5.71. The highest BCUT2D eigenvalue weighted by Gasteiger charge is 2.23. The number of hydrogen-bond donors (Lipinski definition) is 1. The van der Waals surface area contributed by atoms with Crippen molar-refractivity contribution in [1.82, 2.24) is 24.8 Å². The topological polar surface area (TPSA) is 114 Å². The normalized spacial score (nSPS) is 11.6. The third-order valence-corrected chi connectivity index (χ3v) is 5.73. The molecule has 0 saturated carbocycles. The Hall–Kier alpha value is -2.85. The molecule has 148 valence electrons. The van der Waals surface area contributed by atoms with E-state index < -0.39 is 10.0 Å². The fraction of sp³-hybridized carbons (Fsp3) is 0.333. The van der Waals surface area contributed by atoms with Gasteiger partial charge in [0.2, 0.25) is 10.0 Å². The predicted molar refractivity (Wildman–Crippen MR) is 104 cm³/mol. The van der Waals surface area contributed by atoms with Crippen LogP contribution in [0.5, 0.6) is 0 Å². The van der Waals surface area contributed by atoms with E-state index >= 15 is 0 Å². The van der Waals surface area contributed by atoms with Gasteiger partial charge in [-0.3, -0.25) is 4.98 Å². The quantitative estimate of drug-likeness (QED) is 0.635. The largest absolute Gasteiger partial charge is 0.363 e. The number of nitrogens with zero attached hydrogens (tertiary/aromatic N) is 5. The molecular weight excluding hydrogens is 380 g/mol. The second-order valence-electron chi connectivity index (χ2n) is 6.45. The Morgan fingerprint density at radius 3 is 2.57 bits per heavy atom. The van der Waals surface area contributed by atoms with Gasteiger partial charge in [0.15, 0.2) is 11.6 Å². The Balaban J connectivity index is 1.80. The van der Waals surface area contributed by atoms with Gasteiger partial charge in [-0.05, 0) is 26.0 Å². The summed E-state index contributed by atoms with van der Waals surface area (Å²) >= 11 is 0. The average molecular weight is 402 g/mol. The second kappa shape index (κ2) is 8.03. The lowest BCUT2D eigenvalue weighted by Crippen LogP contribution is -2.27. The van der Waals surface area contributed by atoms with E-state index in [1.165, 1.54) is 0 Å². The van der Waals surface area contributed by atoms with Gasteiger partial charge < -0.3 is 9.42 Å². The molecule has 0 saturated heterocycles. The van der Waals surface area contributed by atoms with Gasteiger partial charge in [0, 0.05) is 45.0 Å². The van der Waals surface area contributed by atoms with E-state index in [-0.39, 0.29) is 17.2 Å². The van der Waals surface area contributed by atoms with Crippen molar-refractivity contribution in [3.05, 3.63) is 47.6 Å². The number of anilines is 1. The molecular formula is C18H22N6O3S. The molecule has 3 aromatic rings. The first kappa shape index (κ1) is 19.9. The highest BCUT2D eigenvalue weighted by molar-refractivity contribution is 7.89. The van der Waals surface area contributed by atoms with E-state index in [2.05, 4.69) is 24.8 Å². The van der Waals surface area contributed by atoms with Gasteiger partial charge in [-0.2, -0.15) is 0 Å². The smallest absolute Gasteiger partial charge is 0.245 e. The molecule has 3 rings (SSSR count). The standard InChI is InChI=1S/C18H22N6O3S/c1-12-17(13(2)27-23-12)28(25,26)20-10-8-14-11-16(24(3)4)22-18(21-14)15-7-5-6-9-19-15/h5-7,9,11,20H,8,10H2,1-4H3. The van der Waals surface area contributed by atoms with E-state index in [1.54, 1.807) is 20.0 Å². The highest BCUT2D eigenvalue weighted by Crippen LogP contribution is 2.19. The molecule has 0 fully saturated rings. The zero-order valence-corrected chi connectivity index (χ0v) is 17.0. The first-order chi connectivity index (χ1) is 13.3.